The van der Waals surface area contributed by atoms with E-state index in [-0.39, 0.29) is 12.2 Å². The van der Waals surface area contributed by atoms with Crippen LogP contribution in [0.4, 0.5) is 0 Å². The number of fused-ring (bicyclic) bond motifs is 1. The highest BCUT2D eigenvalue weighted by atomic mass is 32.1. The first-order chi connectivity index (χ1) is 16.5. The molecule has 0 spiro atoms. The summed E-state index contributed by atoms with van der Waals surface area (Å²) in [5.74, 6) is 0.305. The fourth-order valence-corrected chi connectivity index (χ4v) is 5.50. The number of benzene rings is 1. The van der Waals surface area contributed by atoms with Crippen molar-refractivity contribution in [2.75, 3.05) is 26.9 Å². The molecule has 1 aliphatic rings. The molecule has 3 heterocycles. The first kappa shape index (κ1) is 24.1. The highest BCUT2D eigenvalue weighted by Crippen LogP contribution is 2.33. The van der Waals surface area contributed by atoms with Crippen molar-refractivity contribution in [3.63, 3.8) is 0 Å². The van der Waals surface area contributed by atoms with Crippen molar-refractivity contribution < 1.29 is 19.0 Å². The molecule has 7 nitrogen and oxygen atoms in total. The van der Waals surface area contributed by atoms with E-state index in [1.165, 1.54) is 22.7 Å². The monoisotopic (exact) mass is 498 g/mol. The Morgan fingerprint density at radius 3 is 2.65 bits per heavy atom. The molecule has 178 valence electrons. The summed E-state index contributed by atoms with van der Waals surface area (Å²) in [6.07, 6.45) is 2.78. The first-order valence-electron chi connectivity index (χ1n) is 11.0. The Morgan fingerprint density at radius 1 is 1.18 bits per heavy atom. The largest absolute Gasteiger partial charge is 0.494 e. The molecule has 2 aromatic heterocycles. The molecule has 0 N–H and O–H groups in total. The van der Waals surface area contributed by atoms with Crippen LogP contribution in [-0.2, 0) is 14.3 Å². The number of aromatic nitrogens is 1. The molecule has 0 aliphatic carbocycles. The SMILES string of the molecule is CCCOc1ccc(/C=c2/sc3n(c2=O)[C@@H](c2cccs2)C(C(=O)OCCOC)=C(C)N=3)cc1. The number of thiophene rings is 1. The fraction of sp³-hybridized carbons (Fsp3) is 0.320. The van der Waals surface area contributed by atoms with Crippen molar-refractivity contribution in [3.05, 3.63) is 83.2 Å². The summed E-state index contributed by atoms with van der Waals surface area (Å²) in [6, 6.07) is 10.9. The molecule has 1 atom stereocenters. The molecule has 0 bridgehead atoms. The van der Waals surface area contributed by atoms with Crippen molar-refractivity contribution in [2.24, 2.45) is 4.99 Å². The number of hydrogen-bond donors (Lipinski definition) is 0. The number of nitrogens with zero attached hydrogens (tertiary/aromatic N) is 2. The van der Waals surface area contributed by atoms with Gasteiger partial charge in [-0.05, 0) is 48.6 Å². The number of ether oxygens (including phenoxy) is 3. The molecule has 0 saturated carbocycles. The second kappa shape index (κ2) is 10.9. The lowest BCUT2D eigenvalue weighted by Gasteiger charge is -2.23. The van der Waals surface area contributed by atoms with Gasteiger partial charge in [-0.1, -0.05) is 36.5 Å². The zero-order chi connectivity index (χ0) is 24.1. The van der Waals surface area contributed by atoms with Gasteiger partial charge in [0.25, 0.3) is 5.56 Å². The molecule has 0 fully saturated rings. The minimum atomic E-state index is -0.585. The number of carbonyl (C=O) groups excluding carboxylic acids is 1. The second-order valence-electron chi connectivity index (χ2n) is 7.64. The molecular formula is C25H26N2O5S2. The highest BCUT2D eigenvalue weighted by molar-refractivity contribution is 7.10. The van der Waals surface area contributed by atoms with E-state index in [1.807, 2.05) is 47.9 Å². The minimum Gasteiger partial charge on any atom is -0.494 e. The van der Waals surface area contributed by atoms with E-state index in [9.17, 15) is 9.59 Å². The molecule has 34 heavy (non-hydrogen) atoms. The summed E-state index contributed by atoms with van der Waals surface area (Å²) in [5.41, 5.74) is 1.61. The van der Waals surface area contributed by atoms with Gasteiger partial charge in [0.15, 0.2) is 4.80 Å². The summed E-state index contributed by atoms with van der Waals surface area (Å²) < 4.78 is 18.2. The summed E-state index contributed by atoms with van der Waals surface area (Å²) in [7, 11) is 1.55. The van der Waals surface area contributed by atoms with E-state index in [0.717, 1.165) is 22.6 Å². The van der Waals surface area contributed by atoms with Crippen LogP contribution in [0.1, 0.15) is 36.8 Å². The maximum atomic E-state index is 13.5. The van der Waals surface area contributed by atoms with Crippen molar-refractivity contribution in [3.8, 4) is 5.75 Å². The molecule has 3 aromatic rings. The van der Waals surface area contributed by atoms with Gasteiger partial charge in [0, 0.05) is 12.0 Å². The molecule has 4 rings (SSSR count). The van der Waals surface area contributed by atoms with Crippen LogP contribution in [0.5, 0.6) is 5.75 Å². The zero-order valence-corrected chi connectivity index (χ0v) is 20.9. The van der Waals surface area contributed by atoms with E-state index in [0.29, 0.717) is 33.8 Å². The Morgan fingerprint density at radius 2 is 1.97 bits per heavy atom. The first-order valence-corrected chi connectivity index (χ1v) is 12.7. The van der Waals surface area contributed by atoms with Crippen molar-refractivity contribution in [2.45, 2.75) is 26.3 Å². The minimum absolute atomic E-state index is 0.131. The standard InChI is InChI=1S/C25H26N2O5S2/c1-4-11-31-18-9-7-17(8-10-18)15-20-23(28)27-22(19-6-5-14-33-19)21(16(2)26-25(27)34-20)24(29)32-13-12-30-3/h5-10,14-15,22H,4,11-13H2,1-3H3/b20-15+/t22-/m0/s1. The molecule has 1 aromatic carbocycles. The van der Waals surface area contributed by atoms with Crippen molar-refractivity contribution in [1.82, 2.24) is 4.57 Å². The fourth-order valence-electron chi connectivity index (χ4n) is 3.63. The third-order valence-corrected chi connectivity index (χ3v) is 7.13. The van der Waals surface area contributed by atoms with Crippen molar-refractivity contribution in [1.29, 1.82) is 0 Å². The van der Waals surface area contributed by atoms with Crippen LogP contribution in [0.2, 0.25) is 0 Å². The maximum absolute atomic E-state index is 13.5. The second-order valence-corrected chi connectivity index (χ2v) is 9.63. The van der Waals surface area contributed by atoms with Gasteiger partial charge in [-0.3, -0.25) is 9.36 Å². The van der Waals surface area contributed by atoms with Crippen LogP contribution < -0.4 is 19.6 Å². The Hall–Kier alpha value is -3.01. The van der Waals surface area contributed by atoms with Crippen LogP contribution in [0.3, 0.4) is 0 Å². The number of carbonyl (C=O) groups is 1. The van der Waals surface area contributed by atoms with Gasteiger partial charge in [-0.2, -0.15) is 0 Å². The molecular weight excluding hydrogens is 472 g/mol. The highest BCUT2D eigenvalue weighted by Gasteiger charge is 2.34. The molecule has 1 aliphatic heterocycles. The van der Waals surface area contributed by atoms with Gasteiger partial charge in [-0.15, -0.1) is 11.3 Å². The van der Waals surface area contributed by atoms with Gasteiger partial charge < -0.3 is 14.2 Å². The lowest BCUT2D eigenvalue weighted by atomic mass is 10.0. The maximum Gasteiger partial charge on any atom is 0.338 e. The Kier molecular flexibility index (Phi) is 7.77. The number of hydrogen-bond acceptors (Lipinski definition) is 8. The summed E-state index contributed by atoms with van der Waals surface area (Å²) in [4.78, 5) is 32.6. The predicted octanol–water partition coefficient (Wildman–Crippen LogP) is 3.28. The van der Waals surface area contributed by atoms with Gasteiger partial charge in [0.1, 0.15) is 18.4 Å². The van der Waals surface area contributed by atoms with E-state index in [1.54, 1.807) is 18.6 Å². The van der Waals surface area contributed by atoms with Gasteiger partial charge in [0.2, 0.25) is 0 Å². The van der Waals surface area contributed by atoms with Crippen LogP contribution in [0, 0.1) is 0 Å². The molecule has 0 saturated heterocycles. The topological polar surface area (TPSA) is 79.1 Å². The van der Waals surface area contributed by atoms with E-state index >= 15 is 0 Å². The smallest absolute Gasteiger partial charge is 0.338 e. The van der Waals surface area contributed by atoms with E-state index in [4.69, 9.17) is 14.2 Å². The number of rotatable bonds is 9. The van der Waals surface area contributed by atoms with Crippen LogP contribution in [0.25, 0.3) is 6.08 Å². The zero-order valence-electron chi connectivity index (χ0n) is 19.3. The summed E-state index contributed by atoms with van der Waals surface area (Å²) in [6.45, 7) is 4.93. The molecule has 0 unspecified atom stereocenters. The van der Waals surface area contributed by atoms with Gasteiger partial charge >= 0.3 is 5.97 Å². The lowest BCUT2D eigenvalue weighted by Crippen LogP contribution is -2.39. The van der Waals surface area contributed by atoms with Gasteiger partial charge in [-0.25, -0.2) is 9.79 Å². The third-order valence-electron chi connectivity index (χ3n) is 5.23. The van der Waals surface area contributed by atoms with Crippen LogP contribution in [0.15, 0.2) is 62.8 Å². The number of thiazole rings is 1. The predicted molar refractivity (Wildman–Crippen MR) is 133 cm³/mol. The quantitative estimate of drug-likeness (QED) is 0.334. The van der Waals surface area contributed by atoms with E-state index < -0.39 is 12.0 Å². The average Bonchev–Trinajstić information content (AvgIpc) is 3.46. The van der Waals surface area contributed by atoms with Crippen LogP contribution in [-0.4, -0.2) is 37.5 Å². The molecule has 0 amide bonds. The van der Waals surface area contributed by atoms with Crippen molar-refractivity contribution >= 4 is 34.7 Å². The van der Waals surface area contributed by atoms with Gasteiger partial charge in [0.05, 0.1) is 29.0 Å². The lowest BCUT2D eigenvalue weighted by molar-refractivity contribution is -0.140. The Labute approximate surface area is 205 Å². The number of esters is 1. The van der Waals surface area contributed by atoms with E-state index in [2.05, 4.69) is 11.9 Å². The normalized spacial score (nSPS) is 15.7. The average molecular weight is 499 g/mol. The Balaban J connectivity index is 1.75. The number of methoxy groups -OCH3 is 1. The summed E-state index contributed by atoms with van der Waals surface area (Å²) >= 11 is 2.80. The molecule has 0 radical (unpaired) electrons. The Bertz CT molecular complexity index is 1350. The summed E-state index contributed by atoms with van der Waals surface area (Å²) in [5, 5.41) is 1.93. The van der Waals surface area contributed by atoms with Crippen LogP contribution >= 0.6 is 22.7 Å². The third kappa shape index (κ3) is 5.06. The number of allylic oxidation sites excluding steroid dienone is 1. The molecule has 9 heteroatoms.